The Balaban J connectivity index is 4.39. The molecule has 0 aliphatic heterocycles. The molecule has 0 spiro atoms. The van der Waals surface area contributed by atoms with Gasteiger partial charge in [0.2, 0.25) is 0 Å². The van der Waals surface area contributed by atoms with Crippen LogP contribution in [0.4, 0.5) is 0 Å². The predicted molar refractivity (Wildman–Crippen MR) is 41.4 cm³/mol. The van der Waals surface area contributed by atoms with Gasteiger partial charge in [-0.25, -0.2) is 0 Å². The second-order valence-electron chi connectivity index (χ2n) is 3.01. The van der Waals surface area contributed by atoms with Crippen LogP contribution in [0.5, 0.6) is 0 Å². The first-order valence-corrected chi connectivity index (χ1v) is 2.98. The van der Waals surface area contributed by atoms with Crippen LogP contribution in [0.2, 0.25) is 0 Å². The van der Waals surface area contributed by atoms with E-state index >= 15 is 0 Å². The molecule has 0 bridgehead atoms. The van der Waals surface area contributed by atoms with Crippen LogP contribution in [0.15, 0.2) is 10.3 Å². The van der Waals surface area contributed by atoms with Gasteiger partial charge in [-0.2, -0.15) is 5.10 Å². The van der Waals surface area contributed by atoms with Crippen molar-refractivity contribution >= 4 is 11.9 Å². The van der Waals surface area contributed by atoms with Crippen molar-refractivity contribution in [1.82, 2.24) is 0 Å². The molecule has 4 nitrogen and oxygen atoms in total. The maximum absolute atomic E-state index is 8.16. The average Bonchev–Trinajstić information content (AvgIpc) is 1.80. The van der Waals surface area contributed by atoms with Crippen molar-refractivity contribution < 1.29 is 5.21 Å². The van der Waals surface area contributed by atoms with Crippen LogP contribution >= 0.6 is 0 Å². The molecule has 0 fully saturated rings. The van der Waals surface area contributed by atoms with Gasteiger partial charge in [0.1, 0.15) is 0 Å². The third-order valence-corrected chi connectivity index (χ3v) is 1.09. The summed E-state index contributed by atoms with van der Waals surface area (Å²) in [5.74, 6) is 5.03. The van der Waals surface area contributed by atoms with Crippen molar-refractivity contribution in [2.45, 2.75) is 20.8 Å². The molecule has 10 heavy (non-hydrogen) atoms. The van der Waals surface area contributed by atoms with Crippen molar-refractivity contribution in [3.63, 3.8) is 0 Å². The fourth-order valence-electron chi connectivity index (χ4n) is 0.475. The van der Waals surface area contributed by atoms with Crippen LogP contribution < -0.4 is 5.84 Å². The largest absolute Gasteiger partial charge is 0.411 e. The fourth-order valence-corrected chi connectivity index (χ4v) is 0.475. The van der Waals surface area contributed by atoms with Gasteiger partial charge in [-0.15, -0.1) is 0 Å². The van der Waals surface area contributed by atoms with Crippen molar-refractivity contribution in [2.75, 3.05) is 0 Å². The summed E-state index contributed by atoms with van der Waals surface area (Å²) in [5.41, 5.74) is 0.399. The molecule has 0 amide bonds. The zero-order valence-corrected chi connectivity index (χ0v) is 6.50. The first-order chi connectivity index (χ1) is 4.52. The SMILES string of the molecule is CC(C)(C)C(C=NO)=NN. The van der Waals surface area contributed by atoms with E-state index in [1.807, 2.05) is 20.8 Å². The summed E-state index contributed by atoms with van der Waals surface area (Å²) in [6.07, 6.45) is 1.24. The molecule has 0 saturated carbocycles. The highest BCUT2D eigenvalue weighted by Crippen LogP contribution is 2.13. The quantitative estimate of drug-likeness (QED) is 0.247. The maximum atomic E-state index is 8.16. The first-order valence-electron chi connectivity index (χ1n) is 2.98. The molecular formula is C6H13N3O. The topological polar surface area (TPSA) is 71.0 Å². The minimum absolute atomic E-state index is 0.166. The number of rotatable bonds is 1. The van der Waals surface area contributed by atoms with E-state index in [-0.39, 0.29) is 5.41 Å². The van der Waals surface area contributed by atoms with Crippen LogP contribution in [0.1, 0.15) is 20.8 Å². The lowest BCUT2D eigenvalue weighted by Crippen LogP contribution is -2.23. The van der Waals surface area contributed by atoms with Gasteiger partial charge < -0.3 is 11.0 Å². The lowest BCUT2D eigenvalue weighted by atomic mass is 9.91. The van der Waals surface area contributed by atoms with Crippen LogP contribution in [-0.4, -0.2) is 17.1 Å². The molecule has 58 valence electrons. The third-order valence-electron chi connectivity index (χ3n) is 1.09. The minimum Gasteiger partial charge on any atom is -0.411 e. The Labute approximate surface area is 60.4 Å². The minimum atomic E-state index is -0.166. The highest BCUT2D eigenvalue weighted by atomic mass is 16.4. The summed E-state index contributed by atoms with van der Waals surface area (Å²) >= 11 is 0. The van der Waals surface area contributed by atoms with E-state index in [0.29, 0.717) is 5.71 Å². The Morgan fingerprint density at radius 1 is 1.50 bits per heavy atom. The second kappa shape index (κ2) is 3.20. The monoisotopic (exact) mass is 143 g/mol. The number of nitrogens with zero attached hydrogens (tertiary/aromatic N) is 2. The van der Waals surface area contributed by atoms with Crippen LogP contribution in [0, 0.1) is 5.41 Å². The lowest BCUT2D eigenvalue weighted by molar-refractivity contribution is 0.322. The fraction of sp³-hybridized carbons (Fsp3) is 0.667. The molecule has 0 aliphatic rings. The van der Waals surface area contributed by atoms with Gasteiger partial charge in [0.15, 0.2) is 0 Å². The Kier molecular flexibility index (Phi) is 2.86. The van der Waals surface area contributed by atoms with Gasteiger partial charge >= 0.3 is 0 Å². The Morgan fingerprint density at radius 2 is 2.00 bits per heavy atom. The van der Waals surface area contributed by atoms with E-state index in [2.05, 4.69) is 10.3 Å². The number of hydrogen-bond donors (Lipinski definition) is 2. The van der Waals surface area contributed by atoms with Crippen LogP contribution in [-0.2, 0) is 0 Å². The van der Waals surface area contributed by atoms with E-state index in [1.54, 1.807) is 0 Å². The molecule has 0 aliphatic carbocycles. The molecule has 0 unspecified atom stereocenters. The van der Waals surface area contributed by atoms with E-state index in [9.17, 15) is 0 Å². The number of nitrogens with two attached hydrogens (primary N) is 1. The normalized spacial score (nSPS) is 14.5. The van der Waals surface area contributed by atoms with Crippen LogP contribution in [0.25, 0.3) is 0 Å². The highest BCUT2D eigenvalue weighted by molar-refractivity contribution is 6.32. The smallest absolute Gasteiger partial charge is 0.0899 e. The van der Waals surface area contributed by atoms with Crippen molar-refractivity contribution in [2.24, 2.45) is 21.5 Å². The second-order valence-corrected chi connectivity index (χ2v) is 3.01. The van der Waals surface area contributed by atoms with E-state index in [4.69, 9.17) is 11.0 Å². The average molecular weight is 143 g/mol. The van der Waals surface area contributed by atoms with Gasteiger partial charge in [-0.1, -0.05) is 25.9 Å². The van der Waals surface area contributed by atoms with E-state index in [0.717, 1.165) is 0 Å². The molecule has 3 N–H and O–H groups in total. The zero-order chi connectivity index (χ0) is 8.20. The molecular weight excluding hydrogens is 130 g/mol. The van der Waals surface area contributed by atoms with Gasteiger partial charge in [0.25, 0.3) is 0 Å². The summed E-state index contributed by atoms with van der Waals surface area (Å²) in [6.45, 7) is 5.79. The number of hydrazone groups is 1. The summed E-state index contributed by atoms with van der Waals surface area (Å²) in [4.78, 5) is 0. The Morgan fingerprint density at radius 3 is 2.10 bits per heavy atom. The summed E-state index contributed by atoms with van der Waals surface area (Å²) in [7, 11) is 0. The Hall–Kier alpha value is -1.06. The molecule has 0 aromatic heterocycles. The first kappa shape index (κ1) is 8.94. The van der Waals surface area contributed by atoms with Crippen molar-refractivity contribution in [3.05, 3.63) is 0 Å². The molecule has 0 rings (SSSR count). The molecule has 4 heteroatoms. The van der Waals surface area contributed by atoms with Crippen LogP contribution in [0.3, 0.4) is 0 Å². The standard InChI is InChI=1S/C6H13N3O/c1-6(2,3)5(9-7)4-8-10/h4,10H,7H2,1-3H3. The van der Waals surface area contributed by atoms with Gasteiger partial charge in [0, 0.05) is 5.41 Å². The molecule has 0 radical (unpaired) electrons. The van der Waals surface area contributed by atoms with Crippen molar-refractivity contribution in [1.29, 1.82) is 0 Å². The van der Waals surface area contributed by atoms with Gasteiger partial charge in [-0.3, -0.25) is 0 Å². The summed E-state index contributed by atoms with van der Waals surface area (Å²) in [5, 5.41) is 14.5. The summed E-state index contributed by atoms with van der Waals surface area (Å²) in [6, 6.07) is 0. The third kappa shape index (κ3) is 2.48. The zero-order valence-electron chi connectivity index (χ0n) is 6.50. The van der Waals surface area contributed by atoms with Gasteiger partial charge in [-0.05, 0) is 0 Å². The molecule has 0 atom stereocenters. The predicted octanol–water partition coefficient (Wildman–Crippen LogP) is 0.807. The molecule has 0 aromatic rings. The Bertz CT molecular complexity index is 155. The molecule has 0 aromatic carbocycles. The van der Waals surface area contributed by atoms with E-state index < -0.39 is 0 Å². The van der Waals surface area contributed by atoms with Gasteiger partial charge in [0.05, 0.1) is 11.9 Å². The molecule has 0 heterocycles. The molecule has 0 saturated heterocycles. The summed E-state index contributed by atoms with van der Waals surface area (Å²) < 4.78 is 0. The van der Waals surface area contributed by atoms with Crippen molar-refractivity contribution in [3.8, 4) is 0 Å². The lowest BCUT2D eigenvalue weighted by Gasteiger charge is -2.15. The van der Waals surface area contributed by atoms with E-state index in [1.165, 1.54) is 6.21 Å². The number of oxime groups is 1. The maximum Gasteiger partial charge on any atom is 0.0899 e. The highest BCUT2D eigenvalue weighted by Gasteiger charge is 2.16. The number of hydrogen-bond acceptors (Lipinski definition) is 4.